The minimum absolute atomic E-state index is 0.0827. The lowest BCUT2D eigenvalue weighted by Gasteiger charge is -2.43. The molecule has 0 radical (unpaired) electrons. The Hall–Kier alpha value is -0.0800. The van der Waals surface area contributed by atoms with Crippen molar-refractivity contribution in [3.05, 3.63) is 0 Å². The van der Waals surface area contributed by atoms with Crippen LogP contribution < -0.4 is 0 Å². The van der Waals surface area contributed by atoms with Crippen molar-refractivity contribution in [2.45, 2.75) is 122 Å². The molecule has 1 N–H and O–H groups in total. The van der Waals surface area contributed by atoms with Gasteiger partial charge in [-0.05, 0) is 38.5 Å². The van der Waals surface area contributed by atoms with Crippen molar-refractivity contribution in [2.24, 2.45) is 0 Å². The molecule has 21 heavy (non-hydrogen) atoms. The van der Waals surface area contributed by atoms with Gasteiger partial charge in [-0.1, -0.05) is 58.8 Å². The molecule has 2 saturated heterocycles. The van der Waals surface area contributed by atoms with E-state index in [0.717, 1.165) is 24.9 Å². The van der Waals surface area contributed by atoms with Crippen LogP contribution in [0, 0.1) is 0 Å². The second-order valence-corrected chi connectivity index (χ2v) is 7.39. The van der Waals surface area contributed by atoms with Crippen LogP contribution in [-0.2, 0) is 0 Å². The summed E-state index contributed by atoms with van der Waals surface area (Å²) >= 11 is 0. The van der Waals surface area contributed by atoms with Crippen molar-refractivity contribution in [1.29, 1.82) is 0 Å². The fraction of sp³-hybridized carbons (Fsp3) is 1.00. The van der Waals surface area contributed by atoms with E-state index in [1.54, 1.807) is 0 Å². The number of unbranched alkanes of at least 4 members (excludes halogenated alkanes) is 4. The first-order chi connectivity index (χ1) is 10.3. The average Bonchev–Trinajstić information content (AvgIpc) is 2.92. The van der Waals surface area contributed by atoms with Gasteiger partial charge in [0.05, 0.1) is 6.10 Å². The molecule has 0 spiro atoms. The van der Waals surface area contributed by atoms with Crippen molar-refractivity contribution in [3.8, 4) is 0 Å². The van der Waals surface area contributed by atoms with Gasteiger partial charge in [0.15, 0.2) is 0 Å². The van der Waals surface area contributed by atoms with Crippen LogP contribution in [0.2, 0.25) is 0 Å². The number of fused-ring (bicyclic) bond motifs is 1. The molecule has 0 aliphatic carbocycles. The number of hydrogen-bond donors (Lipinski definition) is 1. The van der Waals surface area contributed by atoms with E-state index in [4.69, 9.17) is 0 Å². The highest BCUT2D eigenvalue weighted by molar-refractivity contribution is 4.97. The second kappa shape index (κ2) is 9.15. The summed E-state index contributed by atoms with van der Waals surface area (Å²) in [6.07, 6.45) is 17.1. The fourth-order valence-electron chi connectivity index (χ4n) is 4.69. The van der Waals surface area contributed by atoms with Gasteiger partial charge in [0.2, 0.25) is 0 Å². The summed E-state index contributed by atoms with van der Waals surface area (Å²) in [5, 5.41) is 10.5. The number of rotatable bonds is 9. The van der Waals surface area contributed by atoms with Crippen molar-refractivity contribution in [1.82, 2.24) is 4.90 Å². The Labute approximate surface area is 132 Å². The van der Waals surface area contributed by atoms with Gasteiger partial charge in [-0.25, -0.2) is 0 Å². The van der Waals surface area contributed by atoms with Crippen LogP contribution in [0.1, 0.15) is 97.3 Å². The van der Waals surface area contributed by atoms with Crippen LogP contribution in [0.5, 0.6) is 0 Å². The summed E-state index contributed by atoms with van der Waals surface area (Å²) < 4.78 is 0. The Bertz CT molecular complexity index is 281. The third-order valence-electron chi connectivity index (χ3n) is 5.77. The Kier molecular flexibility index (Phi) is 7.53. The molecule has 2 aliphatic heterocycles. The molecule has 2 nitrogen and oxygen atoms in total. The van der Waals surface area contributed by atoms with E-state index in [9.17, 15) is 5.11 Å². The highest BCUT2D eigenvalue weighted by atomic mass is 16.3. The first kappa shape index (κ1) is 17.3. The van der Waals surface area contributed by atoms with Crippen molar-refractivity contribution in [3.63, 3.8) is 0 Å². The molecule has 2 heteroatoms. The smallest absolute Gasteiger partial charge is 0.0695 e. The minimum atomic E-state index is -0.0827. The van der Waals surface area contributed by atoms with Crippen LogP contribution in [0.25, 0.3) is 0 Å². The minimum Gasteiger partial charge on any atom is -0.391 e. The van der Waals surface area contributed by atoms with E-state index >= 15 is 0 Å². The Morgan fingerprint density at radius 2 is 1.76 bits per heavy atom. The second-order valence-electron chi connectivity index (χ2n) is 7.39. The van der Waals surface area contributed by atoms with Crippen LogP contribution in [0.4, 0.5) is 0 Å². The van der Waals surface area contributed by atoms with Gasteiger partial charge in [0.1, 0.15) is 0 Å². The van der Waals surface area contributed by atoms with Gasteiger partial charge in [-0.3, -0.25) is 4.90 Å². The maximum atomic E-state index is 10.5. The molecule has 0 aromatic heterocycles. The third kappa shape index (κ3) is 4.69. The zero-order chi connectivity index (χ0) is 15.1. The molecule has 0 bridgehead atoms. The summed E-state index contributed by atoms with van der Waals surface area (Å²) in [6.45, 7) is 4.48. The number of aliphatic hydroxyl groups is 1. The topological polar surface area (TPSA) is 23.5 Å². The molecule has 0 aromatic carbocycles. The molecular weight excluding hydrogens is 258 g/mol. The van der Waals surface area contributed by atoms with E-state index in [1.165, 1.54) is 70.6 Å². The molecule has 0 aromatic rings. The standard InChI is InChI=1S/C19H37NO/c1-3-5-6-7-8-11-16-12-9-13-17-14-15-18(20(16)17)19(21)10-4-2/h16-19,21H,3-15H2,1-2H3/t16-,17-,18-,19-/m0/s1. The van der Waals surface area contributed by atoms with Gasteiger partial charge in [0, 0.05) is 18.1 Å². The van der Waals surface area contributed by atoms with Gasteiger partial charge in [-0.15, -0.1) is 0 Å². The van der Waals surface area contributed by atoms with Crippen LogP contribution in [0.3, 0.4) is 0 Å². The Morgan fingerprint density at radius 1 is 0.952 bits per heavy atom. The average molecular weight is 296 g/mol. The molecule has 0 amide bonds. The lowest BCUT2D eigenvalue weighted by molar-refractivity contribution is 0.00316. The van der Waals surface area contributed by atoms with Crippen molar-refractivity contribution in [2.75, 3.05) is 0 Å². The van der Waals surface area contributed by atoms with E-state index in [-0.39, 0.29) is 6.10 Å². The Balaban J connectivity index is 1.84. The molecule has 4 atom stereocenters. The van der Waals surface area contributed by atoms with E-state index in [1.807, 2.05) is 0 Å². The molecule has 2 fully saturated rings. The molecule has 124 valence electrons. The number of aliphatic hydroxyl groups excluding tert-OH is 1. The number of hydrogen-bond acceptors (Lipinski definition) is 2. The van der Waals surface area contributed by atoms with Crippen molar-refractivity contribution < 1.29 is 5.11 Å². The Morgan fingerprint density at radius 3 is 2.52 bits per heavy atom. The van der Waals surface area contributed by atoms with Crippen LogP contribution >= 0.6 is 0 Å². The molecule has 2 aliphatic rings. The summed E-state index contributed by atoms with van der Waals surface area (Å²) in [5.74, 6) is 0. The third-order valence-corrected chi connectivity index (χ3v) is 5.77. The SMILES string of the molecule is CCCCCCC[C@H]1CCC[C@H]2CC[C@@H]([C@@H](O)CCC)N12. The largest absolute Gasteiger partial charge is 0.391 e. The molecular formula is C19H37NO. The van der Waals surface area contributed by atoms with Crippen molar-refractivity contribution >= 4 is 0 Å². The van der Waals surface area contributed by atoms with E-state index in [2.05, 4.69) is 18.7 Å². The summed E-state index contributed by atoms with van der Waals surface area (Å²) in [6, 6.07) is 2.02. The lowest BCUT2D eigenvalue weighted by atomic mass is 9.92. The van der Waals surface area contributed by atoms with E-state index in [0.29, 0.717) is 6.04 Å². The highest BCUT2D eigenvalue weighted by Gasteiger charge is 2.42. The zero-order valence-electron chi connectivity index (χ0n) is 14.4. The van der Waals surface area contributed by atoms with Gasteiger partial charge in [0.25, 0.3) is 0 Å². The summed E-state index contributed by atoms with van der Waals surface area (Å²) in [4.78, 5) is 2.77. The summed E-state index contributed by atoms with van der Waals surface area (Å²) in [5.41, 5.74) is 0. The maximum Gasteiger partial charge on any atom is 0.0695 e. The predicted molar refractivity (Wildman–Crippen MR) is 90.6 cm³/mol. The first-order valence-electron chi connectivity index (χ1n) is 9.73. The van der Waals surface area contributed by atoms with E-state index < -0.39 is 0 Å². The fourth-order valence-corrected chi connectivity index (χ4v) is 4.69. The summed E-state index contributed by atoms with van der Waals surface area (Å²) in [7, 11) is 0. The van der Waals surface area contributed by atoms with Gasteiger partial charge < -0.3 is 5.11 Å². The first-order valence-corrected chi connectivity index (χ1v) is 9.73. The maximum absolute atomic E-state index is 10.5. The monoisotopic (exact) mass is 295 g/mol. The van der Waals surface area contributed by atoms with Gasteiger partial charge >= 0.3 is 0 Å². The molecule has 0 saturated carbocycles. The molecule has 2 heterocycles. The predicted octanol–water partition coefficient (Wildman–Crippen LogP) is 4.89. The number of piperidine rings is 1. The highest BCUT2D eigenvalue weighted by Crippen LogP contribution is 2.38. The van der Waals surface area contributed by atoms with Crippen LogP contribution in [-0.4, -0.2) is 34.2 Å². The number of nitrogens with zero attached hydrogens (tertiary/aromatic N) is 1. The normalized spacial score (nSPS) is 31.3. The molecule has 0 unspecified atom stereocenters. The van der Waals surface area contributed by atoms with Gasteiger partial charge in [-0.2, -0.15) is 0 Å². The zero-order valence-corrected chi connectivity index (χ0v) is 14.4. The van der Waals surface area contributed by atoms with Crippen LogP contribution in [0.15, 0.2) is 0 Å². The lowest BCUT2D eigenvalue weighted by Crippen LogP contribution is -2.51. The molecule has 2 rings (SSSR count). The quantitative estimate of drug-likeness (QED) is 0.612.